The van der Waals surface area contributed by atoms with Crippen molar-refractivity contribution in [1.82, 2.24) is 35.1 Å². The molecule has 3 N–H and O–H groups in total. The molecule has 4 heterocycles. The topological polar surface area (TPSA) is 94.6 Å². The summed E-state index contributed by atoms with van der Waals surface area (Å²) in [6, 6.07) is 10.3. The lowest BCUT2D eigenvalue weighted by molar-refractivity contribution is 0.233. The van der Waals surface area contributed by atoms with E-state index in [2.05, 4.69) is 58.7 Å². The lowest BCUT2D eigenvalue weighted by Gasteiger charge is -2.27. The number of nitrogens with one attached hydrogen (secondary N) is 3. The van der Waals surface area contributed by atoms with Crippen LogP contribution in [0.3, 0.4) is 0 Å². The van der Waals surface area contributed by atoms with Crippen LogP contribution in [-0.4, -0.2) is 56.0 Å². The zero-order valence-electron chi connectivity index (χ0n) is 16.9. The van der Waals surface area contributed by atoms with Crippen LogP contribution in [0.1, 0.15) is 11.4 Å². The van der Waals surface area contributed by atoms with Crippen molar-refractivity contribution in [2.45, 2.75) is 13.5 Å². The van der Waals surface area contributed by atoms with Crippen LogP contribution in [0.25, 0.3) is 22.2 Å². The fourth-order valence-corrected chi connectivity index (χ4v) is 3.68. The molecular formula is C22H24N8. The molecule has 30 heavy (non-hydrogen) atoms. The number of H-pyrrole nitrogens is 1. The molecule has 0 bridgehead atoms. The number of hydrogen-bond donors (Lipinski definition) is 3. The SMILES string of the molecule is Cc1ncc(-c2ccc3nc(Nc4cc(CN5CCNCC5)ccn4)[nH]c3c2)cn1. The number of aromatic amines is 1. The highest BCUT2D eigenvalue weighted by atomic mass is 15.2. The Labute approximate surface area is 174 Å². The van der Waals surface area contributed by atoms with Gasteiger partial charge in [-0.25, -0.2) is 19.9 Å². The van der Waals surface area contributed by atoms with E-state index in [0.29, 0.717) is 5.95 Å². The van der Waals surface area contributed by atoms with Gasteiger partial charge in [0.05, 0.1) is 11.0 Å². The highest BCUT2D eigenvalue weighted by Crippen LogP contribution is 2.24. The van der Waals surface area contributed by atoms with Gasteiger partial charge in [0.25, 0.3) is 0 Å². The Bertz CT molecular complexity index is 1150. The van der Waals surface area contributed by atoms with E-state index >= 15 is 0 Å². The molecular weight excluding hydrogens is 376 g/mol. The number of nitrogens with zero attached hydrogens (tertiary/aromatic N) is 5. The number of hydrogen-bond acceptors (Lipinski definition) is 7. The number of imidazole rings is 1. The molecule has 1 aromatic carbocycles. The molecule has 1 saturated heterocycles. The Hall–Kier alpha value is -3.36. The fourth-order valence-electron chi connectivity index (χ4n) is 3.68. The maximum Gasteiger partial charge on any atom is 0.206 e. The highest BCUT2D eigenvalue weighted by molar-refractivity contribution is 5.83. The Morgan fingerprint density at radius 1 is 1.00 bits per heavy atom. The summed E-state index contributed by atoms with van der Waals surface area (Å²) in [6.45, 7) is 7.05. The van der Waals surface area contributed by atoms with E-state index < -0.39 is 0 Å². The molecule has 1 fully saturated rings. The monoisotopic (exact) mass is 400 g/mol. The largest absolute Gasteiger partial charge is 0.324 e. The molecule has 152 valence electrons. The first-order valence-electron chi connectivity index (χ1n) is 10.2. The van der Waals surface area contributed by atoms with Gasteiger partial charge in [-0.2, -0.15) is 0 Å². The molecule has 8 heteroatoms. The van der Waals surface area contributed by atoms with Crippen molar-refractivity contribution in [2.24, 2.45) is 0 Å². The van der Waals surface area contributed by atoms with Crippen molar-refractivity contribution in [3.63, 3.8) is 0 Å². The Morgan fingerprint density at radius 2 is 1.83 bits per heavy atom. The molecule has 0 aliphatic carbocycles. The van der Waals surface area contributed by atoms with Gasteiger partial charge in [0.15, 0.2) is 0 Å². The normalized spacial score (nSPS) is 14.8. The molecule has 0 spiro atoms. The van der Waals surface area contributed by atoms with E-state index in [-0.39, 0.29) is 0 Å². The Morgan fingerprint density at radius 3 is 2.67 bits per heavy atom. The first-order valence-corrected chi connectivity index (χ1v) is 10.2. The second kappa shape index (κ2) is 8.17. The molecule has 3 aromatic heterocycles. The molecule has 0 saturated carbocycles. The standard InChI is InChI=1S/C22H24N8/c1-15-25-12-18(13-26-15)17-2-3-19-20(11-17)28-22(27-19)29-21-10-16(4-5-24-21)14-30-8-6-23-7-9-30/h2-5,10-13,23H,6-9,14H2,1H3,(H2,24,27,28,29). The lowest BCUT2D eigenvalue weighted by Crippen LogP contribution is -2.42. The van der Waals surface area contributed by atoms with Crippen LogP contribution in [0, 0.1) is 6.92 Å². The van der Waals surface area contributed by atoms with E-state index in [1.54, 1.807) is 0 Å². The van der Waals surface area contributed by atoms with Crippen molar-refractivity contribution >= 4 is 22.8 Å². The summed E-state index contributed by atoms with van der Waals surface area (Å²) in [4.78, 5) is 23.5. The number of pyridine rings is 1. The minimum Gasteiger partial charge on any atom is -0.324 e. The zero-order chi connectivity index (χ0) is 20.3. The number of aryl methyl sites for hydroxylation is 1. The lowest BCUT2D eigenvalue weighted by atomic mass is 10.1. The molecule has 0 radical (unpaired) electrons. The summed E-state index contributed by atoms with van der Waals surface area (Å²) in [5, 5.41) is 6.69. The average molecular weight is 400 g/mol. The maximum absolute atomic E-state index is 4.65. The highest BCUT2D eigenvalue weighted by Gasteiger charge is 2.11. The van der Waals surface area contributed by atoms with Gasteiger partial charge in [-0.3, -0.25) is 4.90 Å². The number of benzene rings is 1. The van der Waals surface area contributed by atoms with Crippen LogP contribution in [0.15, 0.2) is 48.9 Å². The van der Waals surface area contributed by atoms with Gasteiger partial charge in [0.2, 0.25) is 5.95 Å². The third-order valence-electron chi connectivity index (χ3n) is 5.28. The molecule has 0 atom stereocenters. The van der Waals surface area contributed by atoms with Gasteiger partial charge in [-0.1, -0.05) is 6.07 Å². The minimum atomic E-state index is 0.675. The predicted octanol–water partition coefficient (Wildman–Crippen LogP) is 2.87. The second-order valence-corrected chi connectivity index (χ2v) is 7.54. The molecule has 1 aliphatic rings. The molecule has 1 aliphatic heterocycles. The summed E-state index contributed by atoms with van der Waals surface area (Å²) < 4.78 is 0. The summed E-state index contributed by atoms with van der Waals surface area (Å²) in [6.07, 6.45) is 5.53. The van der Waals surface area contributed by atoms with Gasteiger partial charge in [-0.05, 0) is 42.3 Å². The van der Waals surface area contributed by atoms with Gasteiger partial charge < -0.3 is 15.6 Å². The Balaban J connectivity index is 1.34. The summed E-state index contributed by atoms with van der Waals surface area (Å²) in [5.41, 5.74) is 5.12. The third kappa shape index (κ3) is 4.14. The smallest absolute Gasteiger partial charge is 0.206 e. The first kappa shape index (κ1) is 18.7. The molecule has 0 amide bonds. The van der Waals surface area contributed by atoms with Crippen molar-refractivity contribution in [2.75, 3.05) is 31.5 Å². The molecule has 0 unspecified atom stereocenters. The van der Waals surface area contributed by atoms with Crippen molar-refractivity contribution in [3.05, 3.63) is 60.3 Å². The van der Waals surface area contributed by atoms with Crippen LogP contribution in [0.2, 0.25) is 0 Å². The number of anilines is 2. The van der Waals surface area contributed by atoms with E-state index in [0.717, 1.165) is 66.5 Å². The van der Waals surface area contributed by atoms with Crippen molar-refractivity contribution < 1.29 is 0 Å². The van der Waals surface area contributed by atoms with Crippen LogP contribution >= 0.6 is 0 Å². The zero-order valence-corrected chi connectivity index (χ0v) is 16.9. The number of aromatic nitrogens is 5. The summed E-state index contributed by atoms with van der Waals surface area (Å²) in [5.74, 6) is 2.22. The quantitative estimate of drug-likeness (QED) is 0.474. The van der Waals surface area contributed by atoms with E-state index in [1.165, 1.54) is 5.56 Å². The van der Waals surface area contributed by atoms with Crippen LogP contribution in [-0.2, 0) is 6.54 Å². The van der Waals surface area contributed by atoms with Gasteiger partial charge in [0.1, 0.15) is 11.6 Å². The minimum absolute atomic E-state index is 0.675. The van der Waals surface area contributed by atoms with E-state index in [1.807, 2.05) is 37.6 Å². The maximum atomic E-state index is 4.65. The molecule has 5 rings (SSSR count). The third-order valence-corrected chi connectivity index (χ3v) is 5.28. The number of fused-ring (bicyclic) bond motifs is 1. The average Bonchev–Trinajstić information content (AvgIpc) is 3.16. The molecule has 8 nitrogen and oxygen atoms in total. The molecule has 4 aromatic rings. The van der Waals surface area contributed by atoms with Crippen molar-refractivity contribution in [3.8, 4) is 11.1 Å². The van der Waals surface area contributed by atoms with Gasteiger partial charge >= 0.3 is 0 Å². The first-order chi connectivity index (χ1) is 14.7. The van der Waals surface area contributed by atoms with Crippen LogP contribution < -0.4 is 10.6 Å². The van der Waals surface area contributed by atoms with Crippen molar-refractivity contribution in [1.29, 1.82) is 0 Å². The van der Waals surface area contributed by atoms with Crippen LogP contribution in [0.5, 0.6) is 0 Å². The predicted molar refractivity (Wildman–Crippen MR) is 118 cm³/mol. The fraction of sp³-hybridized carbons (Fsp3) is 0.273. The summed E-state index contributed by atoms with van der Waals surface area (Å²) >= 11 is 0. The second-order valence-electron chi connectivity index (χ2n) is 7.54. The van der Waals surface area contributed by atoms with E-state index in [4.69, 9.17) is 0 Å². The Kier molecular flexibility index (Phi) is 5.08. The number of piperazine rings is 1. The van der Waals surface area contributed by atoms with Gasteiger partial charge in [0, 0.05) is 56.9 Å². The van der Waals surface area contributed by atoms with Crippen LogP contribution in [0.4, 0.5) is 11.8 Å². The number of rotatable bonds is 5. The summed E-state index contributed by atoms with van der Waals surface area (Å²) in [7, 11) is 0. The van der Waals surface area contributed by atoms with Gasteiger partial charge in [-0.15, -0.1) is 0 Å². The van der Waals surface area contributed by atoms with E-state index in [9.17, 15) is 0 Å².